The minimum Gasteiger partial charge on any atom is -0.487 e. The van der Waals surface area contributed by atoms with Crippen molar-refractivity contribution in [2.24, 2.45) is 5.92 Å². The zero-order valence-corrected chi connectivity index (χ0v) is 30.9. The van der Waals surface area contributed by atoms with Gasteiger partial charge >= 0.3 is 18.7 Å². The van der Waals surface area contributed by atoms with Crippen LogP contribution in [-0.2, 0) is 17.7 Å². The third-order valence-electron chi connectivity index (χ3n) is 9.74. The number of rotatable bonds is 13. The Morgan fingerprint density at radius 2 is 1.69 bits per heavy atom. The molecule has 286 valence electrons. The van der Waals surface area contributed by atoms with Crippen LogP contribution in [0.15, 0.2) is 73.1 Å². The van der Waals surface area contributed by atoms with Crippen molar-refractivity contribution in [2.45, 2.75) is 64.4 Å². The third-order valence-corrected chi connectivity index (χ3v) is 10.4. The normalized spacial score (nSPS) is 18.4. The SMILES string of the molecule is CC(C)Oc1cc([C@H](Cc2c(Cl)c[n+](O)cc2Cl)c2c(CN(C(=O)O[C@H]3CN4CCC3CC4)c3ccccc3F)cccc2C(=O)O)ccc1OC(F)F. The van der Waals surface area contributed by atoms with E-state index in [0.29, 0.717) is 28.0 Å². The maximum absolute atomic E-state index is 15.6. The molecule has 15 heteroatoms. The van der Waals surface area contributed by atoms with E-state index in [4.69, 9.17) is 37.4 Å². The van der Waals surface area contributed by atoms with E-state index in [2.05, 4.69) is 4.90 Å². The molecule has 10 nitrogen and oxygen atoms in total. The number of piperidine rings is 3. The summed E-state index contributed by atoms with van der Waals surface area (Å²) in [6, 6.07) is 14.5. The molecule has 3 fully saturated rings. The Bertz CT molecular complexity index is 1990. The molecule has 7 rings (SSSR count). The van der Waals surface area contributed by atoms with Gasteiger partial charge in [0.2, 0.25) is 12.4 Å². The lowest BCUT2D eigenvalue weighted by Gasteiger charge is -2.44. The highest BCUT2D eigenvalue weighted by Crippen LogP contribution is 2.42. The highest BCUT2D eigenvalue weighted by molar-refractivity contribution is 6.35. The number of aromatic nitrogens is 1. The minimum atomic E-state index is -3.15. The highest BCUT2D eigenvalue weighted by atomic mass is 35.5. The van der Waals surface area contributed by atoms with E-state index < -0.39 is 42.6 Å². The van der Waals surface area contributed by atoms with E-state index in [1.165, 1.54) is 60.9 Å². The van der Waals surface area contributed by atoms with Gasteiger partial charge < -0.3 is 19.3 Å². The molecule has 1 amide bonds. The second-order valence-corrected chi connectivity index (χ2v) is 14.4. The average molecular weight is 790 g/mol. The summed E-state index contributed by atoms with van der Waals surface area (Å²) in [5, 5.41) is 20.8. The van der Waals surface area contributed by atoms with Gasteiger partial charge in [-0.3, -0.25) is 15.0 Å². The first-order valence-electron chi connectivity index (χ1n) is 17.4. The molecular formula is C39H39Cl2F3N3O7+. The number of amides is 1. The summed E-state index contributed by atoms with van der Waals surface area (Å²) in [6.07, 6.45) is 2.42. The lowest BCUT2D eigenvalue weighted by Crippen LogP contribution is -2.53. The van der Waals surface area contributed by atoms with Crippen molar-refractivity contribution in [3.05, 3.63) is 117 Å². The van der Waals surface area contributed by atoms with E-state index in [-0.39, 0.29) is 57.2 Å². The van der Waals surface area contributed by atoms with Crippen molar-refractivity contribution in [1.82, 2.24) is 4.90 Å². The number of hydrogen-bond acceptors (Lipinski definition) is 7. The van der Waals surface area contributed by atoms with Crippen molar-refractivity contribution in [3.63, 3.8) is 0 Å². The second kappa shape index (κ2) is 16.7. The Morgan fingerprint density at radius 1 is 0.981 bits per heavy atom. The summed E-state index contributed by atoms with van der Waals surface area (Å²) in [5.74, 6) is -3.07. The Labute approximate surface area is 320 Å². The molecule has 0 spiro atoms. The first-order valence-corrected chi connectivity index (χ1v) is 18.2. The smallest absolute Gasteiger partial charge is 0.415 e. The molecule has 3 aliphatic heterocycles. The number of para-hydroxylation sites is 1. The van der Waals surface area contributed by atoms with Gasteiger partial charge in [0, 0.05) is 22.8 Å². The zero-order valence-electron chi connectivity index (χ0n) is 29.4. The maximum atomic E-state index is 15.6. The van der Waals surface area contributed by atoms with Crippen molar-refractivity contribution in [3.8, 4) is 11.5 Å². The molecule has 0 aliphatic carbocycles. The van der Waals surface area contributed by atoms with E-state index in [9.17, 15) is 28.7 Å². The molecule has 0 saturated carbocycles. The summed E-state index contributed by atoms with van der Waals surface area (Å²) in [6.45, 7) is 2.31. The molecule has 0 unspecified atom stereocenters. The fourth-order valence-corrected chi connectivity index (χ4v) is 7.89. The van der Waals surface area contributed by atoms with Crippen molar-refractivity contribution >= 4 is 41.0 Å². The van der Waals surface area contributed by atoms with Gasteiger partial charge in [0.1, 0.15) is 22.0 Å². The lowest BCUT2D eigenvalue weighted by atomic mass is 9.80. The van der Waals surface area contributed by atoms with Gasteiger partial charge in [-0.15, -0.1) is 0 Å². The molecule has 3 aliphatic rings. The molecule has 54 heavy (non-hydrogen) atoms. The van der Waals surface area contributed by atoms with E-state index in [1.54, 1.807) is 26.0 Å². The number of fused-ring (bicyclic) bond motifs is 3. The molecule has 4 heterocycles. The summed E-state index contributed by atoms with van der Waals surface area (Å²) in [7, 11) is 0. The summed E-state index contributed by atoms with van der Waals surface area (Å²) < 4.78 is 59.8. The predicted octanol–water partition coefficient (Wildman–Crippen LogP) is 8.36. The van der Waals surface area contributed by atoms with Gasteiger partial charge in [-0.2, -0.15) is 8.78 Å². The first kappa shape index (κ1) is 39.0. The van der Waals surface area contributed by atoms with Gasteiger partial charge in [-0.05, 0) is 99.1 Å². The number of alkyl halides is 2. The van der Waals surface area contributed by atoms with Crippen LogP contribution in [0.25, 0.3) is 0 Å². The quantitative estimate of drug-likeness (QED) is 0.103. The van der Waals surface area contributed by atoms with Gasteiger partial charge in [0.05, 0.1) is 23.9 Å². The van der Waals surface area contributed by atoms with Gasteiger partial charge in [-0.25, -0.2) is 14.0 Å². The summed E-state index contributed by atoms with van der Waals surface area (Å²) in [4.78, 5) is 30.5. The van der Waals surface area contributed by atoms with E-state index in [1.807, 2.05) is 0 Å². The van der Waals surface area contributed by atoms with Crippen LogP contribution in [0.2, 0.25) is 10.0 Å². The van der Waals surface area contributed by atoms with Crippen molar-refractivity contribution < 1.29 is 52.0 Å². The summed E-state index contributed by atoms with van der Waals surface area (Å²) >= 11 is 13.2. The number of carbonyl (C=O) groups excluding carboxylic acids is 1. The van der Waals surface area contributed by atoms with Crippen LogP contribution >= 0.6 is 23.2 Å². The van der Waals surface area contributed by atoms with Crippen LogP contribution in [0.1, 0.15) is 65.2 Å². The average Bonchev–Trinajstić information content (AvgIpc) is 3.11. The number of aromatic carboxylic acids is 1. The Balaban J connectivity index is 1.51. The third kappa shape index (κ3) is 8.80. The van der Waals surface area contributed by atoms with Gasteiger partial charge in [0.15, 0.2) is 11.5 Å². The minimum absolute atomic E-state index is 0.0327. The van der Waals surface area contributed by atoms with Crippen LogP contribution in [0, 0.1) is 11.7 Å². The largest absolute Gasteiger partial charge is 0.487 e. The standard InChI is InChI=1S/C39H38Cl2F3N3O7/c1-22(2)52-34-16-24(10-11-33(34)53-38(43)44)27(17-28-29(40)19-46(51)20-30(28)41)36-25(6-5-7-26(36)37(48)49)18-47(32-9-4-3-8-31(32)42)39(50)54-35-21-45-14-12-23(35)13-15-45/h3-11,16,19-20,22-23,27,35,38H,12-15,17-18,21H2,1-2H3,(H-,48,49,51)/p+1/t27-,35-/m0/s1. The fourth-order valence-electron chi connectivity index (χ4n) is 7.28. The van der Waals surface area contributed by atoms with Crippen LogP contribution in [0.4, 0.5) is 23.7 Å². The van der Waals surface area contributed by atoms with Crippen LogP contribution < -0.4 is 19.1 Å². The number of pyridine rings is 1. The molecule has 4 aromatic rings. The van der Waals surface area contributed by atoms with E-state index >= 15 is 4.39 Å². The summed E-state index contributed by atoms with van der Waals surface area (Å²) in [5.41, 5.74) is 1.00. The first-order chi connectivity index (χ1) is 25.8. The van der Waals surface area contributed by atoms with Crippen molar-refractivity contribution in [1.29, 1.82) is 0 Å². The number of carboxylic acids is 1. The topological polar surface area (TPSA) is 113 Å². The van der Waals surface area contributed by atoms with Gasteiger partial charge in [-0.1, -0.05) is 53.5 Å². The van der Waals surface area contributed by atoms with Crippen molar-refractivity contribution in [2.75, 3.05) is 24.5 Å². The number of hydrogen-bond donors (Lipinski definition) is 2. The molecular weight excluding hydrogens is 750 g/mol. The molecule has 1 aromatic heterocycles. The Hall–Kier alpha value is -4.72. The molecule has 3 aromatic carbocycles. The maximum Gasteiger partial charge on any atom is 0.415 e. The molecule has 2 atom stereocenters. The molecule has 2 bridgehead atoms. The van der Waals surface area contributed by atoms with Crippen LogP contribution in [0.3, 0.4) is 0 Å². The monoisotopic (exact) mass is 788 g/mol. The zero-order chi connectivity index (χ0) is 38.7. The lowest BCUT2D eigenvalue weighted by molar-refractivity contribution is -0.904. The van der Waals surface area contributed by atoms with Gasteiger partial charge in [0.25, 0.3) is 0 Å². The molecule has 0 radical (unpaired) electrons. The second-order valence-electron chi connectivity index (χ2n) is 13.6. The fraction of sp³-hybridized carbons (Fsp3) is 0.359. The molecule has 3 saturated heterocycles. The number of anilines is 1. The molecule has 2 N–H and O–H groups in total. The number of halogens is 5. The van der Waals surface area contributed by atoms with Crippen LogP contribution in [0.5, 0.6) is 11.5 Å². The number of nitrogens with zero attached hydrogens (tertiary/aromatic N) is 3. The Kier molecular flexibility index (Phi) is 12.1. The number of carbonyl (C=O) groups is 2. The predicted molar refractivity (Wildman–Crippen MR) is 194 cm³/mol. The number of ether oxygens (including phenoxy) is 3. The van der Waals surface area contributed by atoms with Crippen LogP contribution in [-0.4, -0.2) is 65.7 Å². The highest BCUT2D eigenvalue weighted by Gasteiger charge is 2.38. The number of carboxylic acid groups (broad SMARTS) is 1. The number of benzene rings is 3. The Morgan fingerprint density at radius 3 is 2.30 bits per heavy atom. The van der Waals surface area contributed by atoms with E-state index in [0.717, 1.165) is 30.8 Å².